The molecule has 0 saturated carbocycles. The Morgan fingerprint density at radius 3 is 2.56 bits per heavy atom. The van der Waals surface area contributed by atoms with Gasteiger partial charge in [0.25, 0.3) is 0 Å². The lowest BCUT2D eigenvalue weighted by atomic mass is 10.2. The number of benzene rings is 1. The fourth-order valence-electron chi connectivity index (χ4n) is 3.56. The highest BCUT2D eigenvalue weighted by molar-refractivity contribution is 7.15. The van der Waals surface area contributed by atoms with Gasteiger partial charge >= 0.3 is 6.03 Å². The zero-order chi connectivity index (χ0) is 22.3. The Hall–Kier alpha value is -2.81. The summed E-state index contributed by atoms with van der Waals surface area (Å²) in [6.45, 7) is 4.02. The number of urea groups is 1. The van der Waals surface area contributed by atoms with Crippen LogP contribution in [0, 0.1) is 0 Å². The Kier molecular flexibility index (Phi) is 7.47. The van der Waals surface area contributed by atoms with Crippen molar-refractivity contribution in [1.29, 1.82) is 0 Å². The highest BCUT2D eigenvalue weighted by atomic mass is 35.5. The number of nitrogens with one attached hydrogen (secondary N) is 2. The molecule has 1 saturated heterocycles. The van der Waals surface area contributed by atoms with Crippen molar-refractivity contribution < 1.29 is 14.0 Å². The molecule has 0 aliphatic carbocycles. The molecular formula is C23H25ClN4O3S. The maximum absolute atomic E-state index is 12.4. The minimum Gasteiger partial charge on any atom is -0.467 e. The van der Waals surface area contributed by atoms with E-state index in [9.17, 15) is 9.59 Å². The Labute approximate surface area is 196 Å². The third-order valence-corrected chi connectivity index (χ3v) is 6.74. The van der Waals surface area contributed by atoms with E-state index in [2.05, 4.69) is 27.7 Å². The van der Waals surface area contributed by atoms with Crippen LogP contribution >= 0.6 is 22.9 Å². The van der Waals surface area contributed by atoms with Crippen molar-refractivity contribution in [2.24, 2.45) is 0 Å². The molecule has 168 valence electrons. The molecule has 0 bridgehead atoms. The van der Waals surface area contributed by atoms with Crippen LogP contribution in [0.5, 0.6) is 0 Å². The van der Waals surface area contributed by atoms with Gasteiger partial charge in [-0.2, -0.15) is 0 Å². The largest absolute Gasteiger partial charge is 0.467 e. The Morgan fingerprint density at radius 2 is 1.81 bits per heavy atom. The van der Waals surface area contributed by atoms with Gasteiger partial charge in [-0.1, -0.05) is 29.8 Å². The van der Waals surface area contributed by atoms with Gasteiger partial charge in [0, 0.05) is 53.1 Å². The predicted octanol–water partition coefficient (Wildman–Crippen LogP) is 3.81. The van der Waals surface area contributed by atoms with Crippen molar-refractivity contribution in [3.63, 3.8) is 0 Å². The SMILES string of the molecule is O=C(NCC(=O)N1CCN(Cc2ccc(-c3ccccc3Cl)s2)CC1)NCc1ccco1. The third kappa shape index (κ3) is 5.91. The zero-order valence-electron chi connectivity index (χ0n) is 17.6. The van der Waals surface area contributed by atoms with Crippen LogP contribution in [0.15, 0.2) is 59.2 Å². The predicted molar refractivity (Wildman–Crippen MR) is 126 cm³/mol. The number of halogens is 1. The number of piperazine rings is 1. The van der Waals surface area contributed by atoms with E-state index < -0.39 is 0 Å². The van der Waals surface area contributed by atoms with Crippen LogP contribution in [-0.2, 0) is 17.9 Å². The molecule has 2 aromatic heterocycles. The first-order chi connectivity index (χ1) is 15.6. The number of rotatable bonds is 7. The second-order valence-electron chi connectivity index (χ2n) is 7.52. The lowest BCUT2D eigenvalue weighted by Gasteiger charge is -2.34. The molecule has 7 nitrogen and oxygen atoms in total. The number of nitrogens with zero attached hydrogens (tertiary/aromatic N) is 2. The van der Waals surface area contributed by atoms with E-state index in [4.69, 9.17) is 16.0 Å². The lowest BCUT2D eigenvalue weighted by Crippen LogP contribution is -2.51. The first-order valence-corrected chi connectivity index (χ1v) is 11.7. The molecule has 3 amide bonds. The maximum atomic E-state index is 12.4. The summed E-state index contributed by atoms with van der Waals surface area (Å²) in [5, 5.41) is 6.04. The molecule has 32 heavy (non-hydrogen) atoms. The molecule has 9 heteroatoms. The lowest BCUT2D eigenvalue weighted by molar-refractivity contribution is -0.131. The Morgan fingerprint density at radius 1 is 1.00 bits per heavy atom. The smallest absolute Gasteiger partial charge is 0.315 e. The van der Waals surface area contributed by atoms with E-state index in [0.717, 1.165) is 35.1 Å². The summed E-state index contributed by atoms with van der Waals surface area (Å²) >= 11 is 8.06. The van der Waals surface area contributed by atoms with Gasteiger partial charge < -0.3 is 20.0 Å². The molecule has 2 N–H and O–H groups in total. The van der Waals surface area contributed by atoms with Crippen LogP contribution in [0.3, 0.4) is 0 Å². The molecular weight excluding hydrogens is 448 g/mol. The quantitative estimate of drug-likeness (QED) is 0.548. The van der Waals surface area contributed by atoms with Crippen LogP contribution in [0.4, 0.5) is 4.79 Å². The molecule has 1 aliphatic heterocycles. The van der Waals surface area contributed by atoms with Crippen LogP contribution in [0.2, 0.25) is 5.02 Å². The maximum Gasteiger partial charge on any atom is 0.315 e. The van der Waals surface area contributed by atoms with E-state index in [1.54, 1.807) is 34.6 Å². The molecule has 0 unspecified atom stereocenters. The highest BCUT2D eigenvalue weighted by Crippen LogP contribution is 2.33. The van der Waals surface area contributed by atoms with Crippen molar-refractivity contribution in [1.82, 2.24) is 20.4 Å². The second kappa shape index (κ2) is 10.7. The van der Waals surface area contributed by atoms with Crippen LogP contribution in [0.1, 0.15) is 10.6 Å². The summed E-state index contributed by atoms with van der Waals surface area (Å²) in [6, 6.07) is 15.3. The summed E-state index contributed by atoms with van der Waals surface area (Å²) in [5.74, 6) is 0.585. The minimum absolute atomic E-state index is 0.0178. The molecule has 3 heterocycles. The Bertz CT molecular complexity index is 1050. The molecule has 0 atom stereocenters. The average molecular weight is 473 g/mol. The number of amides is 3. The first-order valence-electron chi connectivity index (χ1n) is 10.5. The second-order valence-corrected chi connectivity index (χ2v) is 9.09. The van der Waals surface area contributed by atoms with Gasteiger partial charge in [-0.15, -0.1) is 11.3 Å². The van der Waals surface area contributed by atoms with Crippen LogP contribution < -0.4 is 10.6 Å². The van der Waals surface area contributed by atoms with Gasteiger partial charge in [-0.25, -0.2) is 4.79 Å². The van der Waals surface area contributed by atoms with Crippen molar-refractivity contribution in [2.75, 3.05) is 32.7 Å². The fourth-order valence-corrected chi connectivity index (χ4v) is 4.94. The molecule has 1 fully saturated rings. The third-order valence-electron chi connectivity index (χ3n) is 5.31. The molecule has 4 rings (SSSR count). The summed E-state index contributed by atoms with van der Waals surface area (Å²) < 4.78 is 5.16. The summed E-state index contributed by atoms with van der Waals surface area (Å²) in [7, 11) is 0. The number of hydrogen-bond acceptors (Lipinski definition) is 5. The summed E-state index contributed by atoms with van der Waals surface area (Å²) in [4.78, 5) is 30.9. The van der Waals surface area contributed by atoms with E-state index in [-0.39, 0.29) is 25.0 Å². The van der Waals surface area contributed by atoms with Crippen molar-refractivity contribution in [3.8, 4) is 10.4 Å². The van der Waals surface area contributed by atoms with Gasteiger partial charge in [0.1, 0.15) is 5.76 Å². The van der Waals surface area contributed by atoms with Crippen molar-refractivity contribution >= 4 is 34.9 Å². The normalized spacial score (nSPS) is 14.3. The topological polar surface area (TPSA) is 77.8 Å². The van der Waals surface area contributed by atoms with E-state index in [1.165, 1.54) is 4.88 Å². The Balaban J connectivity index is 1.18. The standard InChI is InChI=1S/C23H25ClN4O3S/c24-20-6-2-1-5-19(20)21-8-7-18(32-21)16-27-9-11-28(12-10-27)22(29)15-26-23(30)25-14-17-4-3-13-31-17/h1-8,13H,9-12,14-16H2,(H2,25,26,30). The number of carbonyl (C=O) groups is 2. The van der Waals surface area contributed by atoms with E-state index in [0.29, 0.717) is 18.8 Å². The van der Waals surface area contributed by atoms with Gasteiger partial charge in [0.2, 0.25) is 5.91 Å². The highest BCUT2D eigenvalue weighted by Gasteiger charge is 2.22. The summed E-state index contributed by atoms with van der Waals surface area (Å²) in [5.41, 5.74) is 1.06. The molecule has 3 aromatic rings. The van der Waals surface area contributed by atoms with Gasteiger partial charge in [0.15, 0.2) is 0 Å². The van der Waals surface area contributed by atoms with Crippen molar-refractivity contribution in [3.05, 3.63) is 70.5 Å². The monoisotopic (exact) mass is 472 g/mol. The van der Waals surface area contributed by atoms with Gasteiger partial charge in [-0.3, -0.25) is 9.69 Å². The fraction of sp³-hybridized carbons (Fsp3) is 0.304. The van der Waals surface area contributed by atoms with Crippen LogP contribution in [0.25, 0.3) is 10.4 Å². The average Bonchev–Trinajstić information content (AvgIpc) is 3.49. The number of thiophene rings is 1. The summed E-state index contributed by atoms with van der Waals surface area (Å²) in [6.07, 6.45) is 1.55. The van der Waals surface area contributed by atoms with E-state index in [1.807, 2.05) is 24.3 Å². The van der Waals surface area contributed by atoms with Crippen LogP contribution in [-0.4, -0.2) is 54.5 Å². The van der Waals surface area contributed by atoms with Crippen molar-refractivity contribution in [2.45, 2.75) is 13.1 Å². The number of carbonyl (C=O) groups excluding carboxylic acids is 2. The van der Waals surface area contributed by atoms with Gasteiger partial charge in [-0.05, 0) is 30.3 Å². The molecule has 0 spiro atoms. The molecule has 1 aromatic carbocycles. The molecule has 0 radical (unpaired) electrons. The van der Waals surface area contributed by atoms with E-state index >= 15 is 0 Å². The zero-order valence-corrected chi connectivity index (χ0v) is 19.1. The number of hydrogen-bond donors (Lipinski definition) is 2. The minimum atomic E-state index is -0.389. The number of furan rings is 1. The van der Waals surface area contributed by atoms with Gasteiger partial charge in [0.05, 0.1) is 19.4 Å². The first kappa shape index (κ1) is 22.4. The molecule has 1 aliphatic rings.